The molecule has 4 aromatic heterocycles. The van der Waals surface area contributed by atoms with Gasteiger partial charge in [0.2, 0.25) is 0 Å². The molecule has 0 aliphatic carbocycles. The van der Waals surface area contributed by atoms with Crippen LogP contribution >= 0.6 is 45.3 Å². The van der Waals surface area contributed by atoms with Gasteiger partial charge in [0.25, 0.3) is 0 Å². The minimum Gasteiger partial charge on any atom is -0.241 e. The lowest BCUT2D eigenvalue weighted by atomic mass is 10.2. The predicted octanol–water partition coefficient (Wildman–Crippen LogP) is 10.4. The molecule has 0 fully saturated rings. The first kappa shape index (κ1) is 25.4. The van der Waals surface area contributed by atoms with Crippen molar-refractivity contribution in [2.75, 3.05) is 0 Å². The maximum absolute atomic E-state index is 4.77. The molecule has 0 N–H and O–H groups in total. The van der Waals surface area contributed by atoms with Gasteiger partial charge in [0, 0.05) is 11.1 Å². The first-order valence-electron chi connectivity index (χ1n) is 12.9. The Balaban J connectivity index is 0.000000132. The highest BCUT2D eigenvalue weighted by Crippen LogP contribution is 2.35. The SMILES string of the molecule is Cc1ccc(-c2nc3cc4nc(C)sc4cc3s2)cc1.Cc1ccc(-c2nc3cc4sc(C)nc4cc3s2)cc1. The van der Waals surface area contributed by atoms with E-state index < -0.39 is 0 Å². The van der Waals surface area contributed by atoms with Crippen molar-refractivity contribution in [2.45, 2.75) is 27.7 Å². The van der Waals surface area contributed by atoms with E-state index in [4.69, 9.17) is 9.97 Å². The predicted molar refractivity (Wildman–Crippen MR) is 175 cm³/mol. The zero-order valence-electron chi connectivity index (χ0n) is 22.4. The Hall–Kier alpha value is -3.56. The smallest absolute Gasteiger partial charge is 0.124 e. The molecule has 0 spiro atoms. The van der Waals surface area contributed by atoms with Crippen molar-refractivity contribution in [3.05, 3.63) is 93.9 Å². The number of thiazole rings is 4. The van der Waals surface area contributed by atoms with Crippen LogP contribution in [-0.4, -0.2) is 19.9 Å². The summed E-state index contributed by atoms with van der Waals surface area (Å²) in [5.41, 5.74) is 9.17. The molecule has 0 saturated carbocycles. The molecule has 0 aliphatic rings. The van der Waals surface area contributed by atoms with Crippen LogP contribution in [0.1, 0.15) is 21.1 Å². The van der Waals surface area contributed by atoms with Gasteiger partial charge in [0.1, 0.15) is 10.0 Å². The van der Waals surface area contributed by atoms with Crippen LogP contribution in [0.5, 0.6) is 0 Å². The summed E-state index contributed by atoms with van der Waals surface area (Å²) in [6.07, 6.45) is 0. The van der Waals surface area contributed by atoms with Gasteiger partial charge in [0.05, 0.1) is 50.9 Å². The van der Waals surface area contributed by atoms with Crippen LogP contribution in [-0.2, 0) is 0 Å². The number of aromatic nitrogens is 4. The third-order valence-corrected chi connectivity index (χ3v) is 10.6. The molecule has 4 nitrogen and oxygen atoms in total. The zero-order valence-corrected chi connectivity index (χ0v) is 25.6. The van der Waals surface area contributed by atoms with E-state index in [-0.39, 0.29) is 0 Å². The average Bonchev–Trinajstić information content (AvgIpc) is 3.70. The van der Waals surface area contributed by atoms with Gasteiger partial charge in [-0.3, -0.25) is 0 Å². The summed E-state index contributed by atoms with van der Waals surface area (Å²) in [7, 11) is 0. The van der Waals surface area contributed by atoms with Gasteiger partial charge < -0.3 is 0 Å². The van der Waals surface area contributed by atoms with Crippen LogP contribution in [0.15, 0.2) is 72.8 Å². The highest BCUT2D eigenvalue weighted by Gasteiger charge is 2.11. The van der Waals surface area contributed by atoms with Crippen molar-refractivity contribution in [2.24, 2.45) is 0 Å². The van der Waals surface area contributed by atoms with Crippen molar-refractivity contribution in [3.63, 3.8) is 0 Å². The van der Waals surface area contributed by atoms with Crippen LogP contribution < -0.4 is 0 Å². The van der Waals surface area contributed by atoms with E-state index >= 15 is 0 Å². The maximum atomic E-state index is 4.77. The van der Waals surface area contributed by atoms with Crippen molar-refractivity contribution in [1.82, 2.24) is 19.9 Å². The quantitative estimate of drug-likeness (QED) is 0.200. The van der Waals surface area contributed by atoms with E-state index in [1.807, 2.05) is 13.8 Å². The van der Waals surface area contributed by atoms with Gasteiger partial charge in [-0.05, 0) is 52.0 Å². The maximum Gasteiger partial charge on any atom is 0.124 e. The molecule has 0 radical (unpaired) electrons. The first-order valence-corrected chi connectivity index (χ1v) is 16.1. The van der Waals surface area contributed by atoms with Crippen molar-refractivity contribution >= 4 is 86.2 Å². The summed E-state index contributed by atoms with van der Waals surface area (Å²) >= 11 is 6.95. The molecule has 4 heterocycles. The normalized spacial score (nSPS) is 11.5. The van der Waals surface area contributed by atoms with E-state index in [0.29, 0.717) is 0 Å². The van der Waals surface area contributed by atoms with Crippen LogP contribution in [0.25, 0.3) is 62.0 Å². The Morgan fingerprint density at radius 3 is 1.30 bits per heavy atom. The molecule has 40 heavy (non-hydrogen) atoms. The fraction of sp³-hybridized carbons (Fsp3) is 0.125. The summed E-state index contributed by atoms with van der Waals surface area (Å²) < 4.78 is 4.90. The molecule has 0 unspecified atom stereocenters. The Kier molecular flexibility index (Phi) is 6.43. The summed E-state index contributed by atoms with van der Waals surface area (Å²) in [6, 6.07) is 25.7. The van der Waals surface area contributed by atoms with Gasteiger partial charge >= 0.3 is 0 Å². The van der Waals surface area contributed by atoms with Gasteiger partial charge in [-0.2, -0.15) is 0 Å². The van der Waals surface area contributed by atoms with E-state index in [0.717, 1.165) is 42.1 Å². The molecule has 0 aliphatic heterocycles. The number of benzene rings is 4. The lowest BCUT2D eigenvalue weighted by molar-refractivity contribution is 1.35. The van der Waals surface area contributed by atoms with E-state index in [1.54, 1.807) is 45.3 Å². The van der Waals surface area contributed by atoms with Crippen LogP contribution in [0, 0.1) is 27.7 Å². The van der Waals surface area contributed by atoms with Crippen LogP contribution in [0.4, 0.5) is 0 Å². The lowest BCUT2D eigenvalue weighted by Crippen LogP contribution is -1.76. The largest absolute Gasteiger partial charge is 0.241 e. The Labute approximate surface area is 247 Å². The molecule has 0 saturated heterocycles. The third kappa shape index (κ3) is 4.92. The second-order valence-corrected chi connectivity index (χ2v) is 14.3. The van der Waals surface area contributed by atoms with Crippen LogP contribution in [0.3, 0.4) is 0 Å². The summed E-state index contributed by atoms with van der Waals surface area (Å²) in [6.45, 7) is 8.29. The number of rotatable bonds is 2. The van der Waals surface area contributed by atoms with Crippen molar-refractivity contribution < 1.29 is 0 Å². The van der Waals surface area contributed by atoms with E-state index in [2.05, 4.69) is 96.6 Å². The van der Waals surface area contributed by atoms with Crippen molar-refractivity contribution in [3.8, 4) is 21.1 Å². The number of nitrogens with zero attached hydrogens (tertiary/aromatic N) is 4. The van der Waals surface area contributed by atoms with Gasteiger partial charge in [-0.15, -0.1) is 45.3 Å². The summed E-state index contributed by atoms with van der Waals surface area (Å²) in [5, 5.41) is 4.37. The molecular weight excluding hydrogens is 569 g/mol. The molecular formula is C32H24N4S4. The van der Waals surface area contributed by atoms with Crippen LogP contribution in [0.2, 0.25) is 0 Å². The number of aryl methyl sites for hydroxylation is 4. The second-order valence-electron chi connectivity index (χ2n) is 9.81. The fourth-order valence-corrected chi connectivity index (χ4v) is 8.31. The van der Waals surface area contributed by atoms with Crippen molar-refractivity contribution in [1.29, 1.82) is 0 Å². The molecule has 0 amide bonds. The van der Waals surface area contributed by atoms with Gasteiger partial charge in [-0.1, -0.05) is 59.7 Å². The van der Waals surface area contributed by atoms with E-state index in [1.165, 1.54) is 41.1 Å². The topological polar surface area (TPSA) is 51.6 Å². The minimum atomic E-state index is 1.04. The number of fused-ring (bicyclic) bond motifs is 4. The third-order valence-electron chi connectivity index (χ3n) is 6.61. The highest BCUT2D eigenvalue weighted by molar-refractivity contribution is 7.23. The molecule has 196 valence electrons. The van der Waals surface area contributed by atoms with Gasteiger partial charge in [0.15, 0.2) is 0 Å². The minimum absolute atomic E-state index is 1.04. The Bertz CT molecular complexity index is 1890. The number of hydrogen-bond acceptors (Lipinski definition) is 8. The molecule has 4 aromatic carbocycles. The second kappa shape index (κ2) is 10.1. The summed E-state index contributed by atoms with van der Waals surface area (Å²) in [5.74, 6) is 0. The molecule has 8 heteroatoms. The first-order chi connectivity index (χ1) is 19.4. The Morgan fingerprint density at radius 1 is 0.400 bits per heavy atom. The monoisotopic (exact) mass is 592 g/mol. The highest BCUT2D eigenvalue weighted by atomic mass is 32.1. The fourth-order valence-electron chi connectivity index (χ4n) is 4.57. The summed E-state index contributed by atoms with van der Waals surface area (Å²) in [4.78, 5) is 18.6. The lowest BCUT2D eigenvalue weighted by Gasteiger charge is -1.95. The Morgan fingerprint density at radius 2 is 0.775 bits per heavy atom. The van der Waals surface area contributed by atoms with E-state index in [9.17, 15) is 0 Å². The molecule has 8 rings (SSSR count). The molecule has 0 bridgehead atoms. The molecule has 8 aromatic rings. The van der Waals surface area contributed by atoms with Gasteiger partial charge in [-0.25, -0.2) is 19.9 Å². The standard InChI is InChI=1S/2C16H12N2S2/c1-9-3-5-11(6-4-9)16-18-13-8-14-12(7-15(13)20-16)17-10(2)19-14;1-9-3-5-11(6-4-9)16-18-13-7-12-14(8-15(13)20-16)19-10(2)17-12/h2*3-8H,1-2H3. The average molecular weight is 593 g/mol. The number of hydrogen-bond donors (Lipinski definition) is 0. The zero-order chi connectivity index (χ0) is 27.4. The molecule has 0 atom stereocenters.